The quantitative estimate of drug-likeness (QED) is 0.846. The Morgan fingerprint density at radius 1 is 1.12 bits per heavy atom. The van der Waals surface area contributed by atoms with Gasteiger partial charge in [0.2, 0.25) is 0 Å². The molecule has 0 spiro atoms. The fourth-order valence-electron chi connectivity index (χ4n) is 3.12. The van der Waals surface area contributed by atoms with E-state index in [1.807, 2.05) is 55.5 Å². The van der Waals surface area contributed by atoms with Crippen molar-refractivity contribution in [3.63, 3.8) is 0 Å². The molecule has 4 nitrogen and oxygen atoms in total. The molecule has 0 aromatic heterocycles. The van der Waals surface area contributed by atoms with E-state index in [2.05, 4.69) is 5.32 Å². The van der Waals surface area contributed by atoms with Gasteiger partial charge in [-0.25, -0.2) is 0 Å². The zero-order chi connectivity index (χ0) is 17.8. The molecule has 0 unspecified atom stereocenters. The van der Waals surface area contributed by atoms with Gasteiger partial charge in [-0.1, -0.05) is 36.0 Å². The molecule has 2 aromatic carbocycles. The van der Waals surface area contributed by atoms with Crippen molar-refractivity contribution in [2.75, 3.05) is 0 Å². The van der Waals surface area contributed by atoms with Crippen molar-refractivity contribution < 1.29 is 14.7 Å². The second kappa shape index (κ2) is 7.74. The molecule has 0 heterocycles. The molecule has 1 amide bonds. The van der Waals surface area contributed by atoms with Gasteiger partial charge in [0.15, 0.2) is 0 Å². The Balaban J connectivity index is 1.75. The van der Waals surface area contributed by atoms with Crippen LogP contribution in [0.15, 0.2) is 58.3 Å². The smallest absolute Gasteiger partial charge is 0.306 e. The van der Waals surface area contributed by atoms with Crippen LogP contribution in [0, 0.1) is 12.8 Å². The van der Waals surface area contributed by atoms with E-state index in [-0.39, 0.29) is 17.9 Å². The highest BCUT2D eigenvalue weighted by atomic mass is 32.2. The summed E-state index contributed by atoms with van der Waals surface area (Å²) in [5.74, 6) is -1.25. The average Bonchev–Trinajstić information content (AvgIpc) is 3.04. The van der Waals surface area contributed by atoms with Gasteiger partial charge in [-0.3, -0.25) is 9.59 Å². The van der Waals surface area contributed by atoms with Gasteiger partial charge in [0, 0.05) is 15.8 Å². The highest BCUT2D eigenvalue weighted by Gasteiger charge is 2.31. The molecule has 2 N–H and O–H groups in total. The lowest BCUT2D eigenvalue weighted by Gasteiger charge is -2.15. The Kier molecular flexibility index (Phi) is 5.43. The van der Waals surface area contributed by atoms with Crippen molar-refractivity contribution in [3.8, 4) is 0 Å². The standard InChI is InChI=1S/C20H21NO3S/c1-13-7-10-17(18(11-13)25-16-5-3-2-4-6-16)19(22)21-15-9-8-14(12-15)20(23)24/h2-7,10-11,14-15H,8-9,12H2,1H3,(H,21,22)(H,23,24)/t14-,15+/m1/s1. The lowest BCUT2D eigenvalue weighted by molar-refractivity contribution is -0.141. The normalized spacial score (nSPS) is 19.6. The molecule has 2 aromatic rings. The third-order valence-electron chi connectivity index (χ3n) is 4.47. The molecular formula is C20H21NO3S. The summed E-state index contributed by atoms with van der Waals surface area (Å²) in [4.78, 5) is 25.8. The number of nitrogens with one attached hydrogen (secondary N) is 1. The number of benzene rings is 2. The van der Waals surface area contributed by atoms with Crippen molar-refractivity contribution in [1.82, 2.24) is 5.32 Å². The first-order chi connectivity index (χ1) is 12.0. The predicted molar refractivity (Wildman–Crippen MR) is 98.0 cm³/mol. The summed E-state index contributed by atoms with van der Waals surface area (Å²) in [6.45, 7) is 2.01. The van der Waals surface area contributed by atoms with Crippen molar-refractivity contribution >= 4 is 23.6 Å². The number of amides is 1. The van der Waals surface area contributed by atoms with Gasteiger partial charge in [0.05, 0.1) is 11.5 Å². The van der Waals surface area contributed by atoms with E-state index in [1.54, 1.807) is 11.8 Å². The first-order valence-electron chi connectivity index (χ1n) is 8.40. The Bertz CT molecular complexity index is 776. The fourth-order valence-corrected chi connectivity index (χ4v) is 4.18. The van der Waals surface area contributed by atoms with Gasteiger partial charge in [-0.15, -0.1) is 0 Å². The number of aryl methyl sites for hydroxylation is 1. The highest BCUT2D eigenvalue weighted by Crippen LogP contribution is 2.32. The maximum absolute atomic E-state index is 12.7. The minimum atomic E-state index is -0.771. The summed E-state index contributed by atoms with van der Waals surface area (Å²) in [7, 11) is 0. The molecule has 2 atom stereocenters. The molecule has 25 heavy (non-hydrogen) atoms. The Labute approximate surface area is 151 Å². The van der Waals surface area contributed by atoms with Gasteiger partial charge in [-0.05, 0) is 56.0 Å². The average molecular weight is 355 g/mol. The summed E-state index contributed by atoms with van der Waals surface area (Å²) in [6.07, 6.45) is 1.85. The molecule has 130 valence electrons. The van der Waals surface area contributed by atoms with Gasteiger partial charge in [-0.2, -0.15) is 0 Å². The van der Waals surface area contributed by atoms with Crippen LogP contribution in [0.2, 0.25) is 0 Å². The van der Waals surface area contributed by atoms with E-state index < -0.39 is 5.97 Å². The highest BCUT2D eigenvalue weighted by molar-refractivity contribution is 7.99. The SMILES string of the molecule is Cc1ccc(C(=O)N[C@H]2CC[C@@H](C(=O)O)C2)c(Sc2ccccc2)c1. The van der Waals surface area contributed by atoms with Gasteiger partial charge in [0.25, 0.3) is 5.91 Å². The van der Waals surface area contributed by atoms with Gasteiger partial charge >= 0.3 is 5.97 Å². The number of carboxylic acids is 1. The second-order valence-corrected chi connectivity index (χ2v) is 7.55. The van der Waals surface area contributed by atoms with Crippen LogP contribution in [0.3, 0.4) is 0 Å². The van der Waals surface area contributed by atoms with Crippen molar-refractivity contribution in [2.45, 2.75) is 42.0 Å². The van der Waals surface area contributed by atoms with Crippen molar-refractivity contribution in [2.24, 2.45) is 5.92 Å². The van der Waals surface area contributed by atoms with E-state index in [0.717, 1.165) is 21.8 Å². The molecule has 1 aliphatic carbocycles. The third-order valence-corrected chi connectivity index (χ3v) is 5.54. The number of hydrogen-bond acceptors (Lipinski definition) is 3. The molecule has 1 saturated carbocycles. The fraction of sp³-hybridized carbons (Fsp3) is 0.300. The molecule has 0 saturated heterocycles. The minimum absolute atomic E-state index is 0.0653. The second-order valence-electron chi connectivity index (χ2n) is 6.43. The zero-order valence-electron chi connectivity index (χ0n) is 14.1. The maximum atomic E-state index is 12.7. The molecule has 5 heteroatoms. The Morgan fingerprint density at radius 3 is 2.56 bits per heavy atom. The molecule has 0 aliphatic heterocycles. The molecule has 3 rings (SSSR count). The van der Waals surface area contributed by atoms with Gasteiger partial charge in [0.1, 0.15) is 0 Å². The van der Waals surface area contributed by atoms with Crippen LogP contribution < -0.4 is 5.32 Å². The van der Waals surface area contributed by atoms with Crippen molar-refractivity contribution in [3.05, 3.63) is 59.7 Å². The van der Waals surface area contributed by atoms with Crippen LogP contribution in [0.25, 0.3) is 0 Å². The van der Waals surface area contributed by atoms with Crippen LogP contribution in [-0.4, -0.2) is 23.0 Å². The summed E-state index contributed by atoms with van der Waals surface area (Å²) >= 11 is 1.57. The number of rotatable bonds is 5. The topological polar surface area (TPSA) is 66.4 Å². The maximum Gasteiger partial charge on any atom is 0.306 e. The Morgan fingerprint density at radius 2 is 1.88 bits per heavy atom. The van der Waals surface area contributed by atoms with Crippen LogP contribution >= 0.6 is 11.8 Å². The van der Waals surface area contributed by atoms with Gasteiger partial charge < -0.3 is 10.4 Å². The number of carbonyl (C=O) groups is 2. The summed E-state index contributed by atoms with van der Waals surface area (Å²) in [6, 6.07) is 15.7. The molecule has 0 bridgehead atoms. The van der Waals surface area contributed by atoms with Crippen LogP contribution in [0.5, 0.6) is 0 Å². The lowest BCUT2D eigenvalue weighted by atomic mass is 10.1. The molecular weight excluding hydrogens is 334 g/mol. The van der Waals surface area contributed by atoms with E-state index >= 15 is 0 Å². The summed E-state index contributed by atoms with van der Waals surface area (Å²) in [5, 5.41) is 12.1. The largest absolute Gasteiger partial charge is 0.481 e. The third kappa shape index (κ3) is 4.42. The molecule has 1 aliphatic rings. The van der Waals surface area contributed by atoms with Crippen LogP contribution in [-0.2, 0) is 4.79 Å². The number of carboxylic acid groups (broad SMARTS) is 1. The van der Waals surface area contributed by atoms with E-state index in [9.17, 15) is 9.59 Å². The zero-order valence-corrected chi connectivity index (χ0v) is 14.9. The molecule has 0 radical (unpaired) electrons. The first kappa shape index (κ1) is 17.5. The Hall–Kier alpha value is -2.27. The minimum Gasteiger partial charge on any atom is -0.481 e. The van der Waals surface area contributed by atoms with E-state index in [1.165, 1.54) is 0 Å². The molecule has 1 fully saturated rings. The number of hydrogen-bond donors (Lipinski definition) is 2. The number of carbonyl (C=O) groups excluding carboxylic acids is 1. The summed E-state index contributed by atoms with van der Waals surface area (Å²) < 4.78 is 0. The monoisotopic (exact) mass is 355 g/mol. The van der Waals surface area contributed by atoms with E-state index in [4.69, 9.17) is 5.11 Å². The first-order valence-corrected chi connectivity index (χ1v) is 9.22. The van der Waals surface area contributed by atoms with Crippen molar-refractivity contribution in [1.29, 1.82) is 0 Å². The number of aliphatic carboxylic acids is 1. The summed E-state index contributed by atoms with van der Waals surface area (Å²) in [5.41, 5.74) is 1.74. The van der Waals surface area contributed by atoms with Crippen LogP contribution in [0.4, 0.5) is 0 Å². The predicted octanol–water partition coefficient (Wildman–Crippen LogP) is 4.13. The van der Waals surface area contributed by atoms with Crippen LogP contribution in [0.1, 0.15) is 35.2 Å². The lowest BCUT2D eigenvalue weighted by Crippen LogP contribution is -2.33. The van der Waals surface area contributed by atoms with E-state index in [0.29, 0.717) is 18.4 Å².